The molecule has 0 saturated carbocycles. The van der Waals surface area contributed by atoms with Crippen LogP contribution >= 0.6 is 22.6 Å². The summed E-state index contributed by atoms with van der Waals surface area (Å²) in [4.78, 5) is 0. The topological polar surface area (TPSA) is 35.2 Å². The highest BCUT2D eigenvalue weighted by Gasteiger charge is 2.14. The molecule has 2 N–H and O–H groups in total. The van der Waals surface area contributed by atoms with E-state index in [9.17, 15) is 0 Å². The van der Waals surface area contributed by atoms with Crippen LogP contribution in [0.4, 0.5) is 0 Å². The Bertz CT molecular complexity index is 554. The first-order chi connectivity index (χ1) is 9.08. The molecular weight excluding hydrogens is 349 g/mol. The van der Waals surface area contributed by atoms with Gasteiger partial charge in [0, 0.05) is 9.13 Å². The maximum Gasteiger partial charge on any atom is 0.124 e. The van der Waals surface area contributed by atoms with Crippen molar-refractivity contribution >= 4 is 22.6 Å². The van der Waals surface area contributed by atoms with Gasteiger partial charge in [0.2, 0.25) is 0 Å². The third-order valence-corrected chi connectivity index (χ3v) is 3.50. The Kier molecular flexibility index (Phi) is 4.82. The van der Waals surface area contributed by atoms with Crippen LogP contribution in [0.25, 0.3) is 0 Å². The van der Waals surface area contributed by atoms with E-state index < -0.39 is 0 Å². The summed E-state index contributed by atoms with van der Waals surface area (Å²) in [6.45, 7) is 4.04. The summed E-state index contributed by atoms with van der Waals surface area (Å²) in [6.07, 6.45) is 0.143. The van der Waals surface area contributed by atoms with Crippen molar-refractivity contribution in [2.24, 2.45) is 5.73 Å². The minimum atomic E-state index is -0.162. The Hall–Kier alpha value is -1.07. The summed E-state index contributed by atoms with van der Waals surface area (Å²) >= 11 is 2.30. The maximum absolute atomic E-state index is 6.38. The number of hydrogen-bond donors (Lipinski definition) is 1. The van der Waals surface area contributed by atoms with E-state index in [1.165, 1.54) is 3.57 Å². The van der Waals surface area contributed by atoms with Crippen LogP contribution in [-0.2, 0) is 0 Å². The highest BCUT2D eigenvalue weighted by Crippen LogP contribution is 2.29. The van der Waals surface area contributed by atoms with Gasteiger partial charge in [-0.05, 0) is 60.2 Å². The standard InChI is InChI=1S/C16H18INO/c1-11(2)19-15-9-4-3-8-14(15)16(18)12-6-5-7-13(17)10-12/h3-11,16H,18H2,1-2H3. The summed E-state index contributed by atoms with van der Waals surface area (Å²) in [5.41, 5.74) is 8.51. The fraction of sp³-hybridized carbons (Fsp3) is 0.250. The van der Waals surface area contributed by atoms with Crippen LogP contribution in [0.2, 0.25) is 0 Å². The molecule has 100 valence electrons. The highest BCUT2D eigenvalue weighted by atomic mass is 127. The lowest BCUT2D eigenvalue weighted by molar-refractivity contribution is 0.239. The number of ether oxygens (including phenoxy) is 1. The van der Waals surface area contributed by atoms with E-state index in [4.69, 9.17) is 10.5 Å². The summed E-state index contributed by atoms with van der Waals surface area (Å²) in [5.74, 6) is 0.865. The predicted octanol–water partition coefficient (Wildman–Crippen LogP) is 4.13. The van der Waals surface area contributed by atoms with Gasteiger partial charge in [-0.2, -0.15) is 0 Å². The number of hydrogen-bond acceptors (Lipinski definition) is 2. The quantitative estimate of drug-likeness (QED) is 0.825. The SMILES string of the molecule is CC(C)Oc1ccccc1C(N)c1cccc(I)c1. The predicted molar refractivity (Wildman–Crippen MR) is 87.4 cm³/mol. The Labute approximate surface area is 128 Å². The van der Waals surface area contributed by atoms with Crippen LogP contribution in [0.15, 0.2) is 48.5 Å². The van der Waals surface area contributed by atoms with Gasteiger partial charge < -0.3 is 10.5 Å². The molecule has 0 bridgehead atoms. The number of benzene rings is 2. The summed E-state index contributed by atoms with van der Waals surface area (Å²) in [7, 11) is 0. The molecule has 0 aliphatic rings. The van der Waals surface area contributed by atoms with Crippen LogP contribution in [-0.4, -0.2) is 6.10 Å². The molecular formula is C16H18INO. The van der Waals surface area contributed by atoms with Crippen molar-refractivity contribution in [2.45, 2.75) is 26.0 Å². The normalized spacial score (nSPS) is 12.5. The Morgan fingerprint density at radius 3 is 2.47 bits per heavy atom. The first kappa shape index (κ1) is 14.3. The van der Waals surface area contributed by atoms with Gasteiger partial charge in [-0.15, -0.1) is 0 Å². The largest absolute Gasteiger partial charge is 0.491 e. The van der Waals surface area contributed by atoms with Gasteiger partial charge in [0.1, 0.15) is 5.75 Å². The van der Waals surface area contributed by atoms with Crippen LogP contribution in [0, 0.1) is 3.57 Å². The minimum Gasteiger partial charge on any atom is -0.491 e. The third kappa shape index (κ3) is 3.70. The molecule has 0 spiro atoms. The van der Waals surface area contributed by atoms with Crippen molar-refractivity contribution in [3.63, 3.8) is 0 Å². The van der Waals surface area contributed by atoms with Crippen molar-refractivity contribution in [3.8, 4) is 5.75 Å². The number of rotatable bonds is 4. The van der Waals surface area contributed by atoms with Crippen molar-refractivity contribution in [3.05, 3.63) is 63.2 Å². The summed E-state index contributed by atoms with van der Waals surface area (Å²) in [6, 6.07) is 16.1. The lowest BCUT2D eigenvalue weighted by Crippen LogP contribution is -2.15. The number of nitrogens with two attached hydrogens (primary N) is 1. The second kappa shape index (κ2) is 6.39. The second-order valence-electron chi connectivity index (χ2n) is 4.74. The average molecular weight is 367 g/mol. The summed E-state index contributed by atoms with van der Waals surface area (Å²) in [5, 5.41) is 0. The van der Waals surface area contributed by atoms with Gasteiger partial charge in [-0.25, -0.2) is 0 Å². The van der Waals surface area contributed by atoms with Gasteiger partial charge in [0.25, 0.3) is 0 Å². The molecule has 2 aromatic rings. The fourth-order valence-corrected chi connectivity index (χ4v) is 2.55. The second-order valence-corrected chi connectivity index (χ2v) is 5.98. The van der Waals surface area contributed by atoms with Gasteiger partial charge in [-0.1, -0.05) is 30.3 Å². The van der Waals surface area contributed by atoms with Crippen molar-refractivity contribution in [2.75, 3.05) is 0 Å². The highest BCUT2D eigenvalue weighted by molar-refractivity contribution is 14.1. The molecule has 0 amide bonds. The first-order valence-corrected chi connectivity index (χ1v) is 7.42. The number of para-hydroxylation sites is 1. The molecule has 19 heavy (non-hydrogen) atoms. The maximum atomic E-state index is 6.38. The molecule has 3 heteroatoms. The molecule has 2 nitrogen and oxygen atoms in total. The Morgan fingerprint density at radius 2 is 1.79 bits per heavy atom. The van der Waals surface area contributed by atoms with Gasteiger partial charge in [0.05, 0.1) is 12.1 Å². The van der Waals surface area contributed by atoms with Crippen LogP contribution in [0.5, 0.6) is 5.75 Å². The molecule has 0 radical (unpaired) electrons. The van der Waals surface area contributed by atoms with E-state index in [0.717, 1.165) is 16.9 Å². The zero-order chi connectivity index (χ0) is 13.8. The zero-order valence-corrected chi connectivity index (χ0v) is 13.3. The van der Waals surface area contributed by atoms with Crippen LogP contribution in [0.1, 0.15) is 31.0 Å². The molecule has 0 aliphatic carbocycles. The van der Waals surface area contributed by atoms with Gasteiger partial charge >= 0.3 is 0 Å². The van der Waals surface area contributed by atoms with Gasteiger partial charge in [-0.3, -0.25) is 0 Å². The lowest BCUT2D eigenvalue weighted by atomic mass is 9.99. The molecule has 0 saturated heterocycles. The monoisotopic (exact) mass is 367 g/mol. The molecule has 0 fully saturated rings. The van der Waals surface area contributed by atoms with Gasteiger partial charge in [0.15, 0.2) is 0 Å². The third-order valence-electron chi connectivity index (χ3n) is 2.82. The van der Waals surface area contributed by atoms with Crippen molar-refractivity contribution in [1.29, 1.82) is 0 Å². The van der Waals surface area contributed by atoms with Crippen LogP contribution < -0.4 is 10.5 Å². The van der Waals surface area contributed by atoms with Crippen molar-refractivity contribution < 1.29 is 4.74 Å². The average Bonchev–Trinajstić information content (AvgIpc) is 2.38. The molecule has 1 unspecified atom stereocenters. The molecule has 2 aromatic carbocycles. The number of halogens is 1. The Morgan fingerprint density at radius 1 is 1.05 bits per heavy atom. The molecule has 2 rings (SSSR count). The summed E-state index contributed by atoms with van der Waals surface area (Å²) < 4.78 is 7.02. The molecule has 0 aromatic heterocycles. The van der Waals surface area contributed by atoms with Crippen LogP contribution in [0.3, 0.4) is 0 Å². The first-order valence-electron chi connectivity index (χ1n) is 6.34. The minimum absolute atomic E-state index is 0.143. The van der Waals surface area contributed by atoms with E-state index in [1.807, 2.05) is 44.2 Å². The van der Waals surface area contributed by atoms with E-state index >= 15 is 0 Å². The lowest BCUT2D eigenvalue weighted by Gasteiger charge is -2.19. The molecule has 0 heterocycles. The molecule has 0 aliphatic heterocycles. The van der Waals surface area contributed by atoms with E-state index in [2.05, 4.69) is 40.8 Å². The Balaban J connectivity index is 2.35. The molecule has 1 atom stereocenters. The van der Waals surface area contributed by atoms with E-state index in [-0.39, 0.29) is 12.1 Å². The van der Waals surface area contributed by atoms with E-state index in [1.54, 1.807) is 0 Å². The van der Waals surface area contributed by atoms with E-state index in [0.29, 0.717) is 0 Å². The van der Waals surface area contributed by atoms with Crippen molar-refractivity contribution in [1.82, 2.24) is 0 Å². The zero-order valence-electron chi connectivity index (χ0n) is 11.1. The smallest absolute Gasteiger partial charge is 0.124 e. The fourth-order valence-electron chi connectivity index (χ4n) is 1.98.